The quantitative estimate of drug-likeness (QED) is 0.481. The lowest BCUT2D eigenvalue weighted by Gasteiger charge is -2.12. The Labute approximate surface area is 72.6 Å². The molecule has 0 aromatic rings. The molecule has 3 heteroatoms. The Morgan fingerprint density at radius 2 is 2.45 bits per heavy atom. The summed E-state index contributed by atoms with van der Waals surface area (Å²) in [6.07, 6.45) is 1.60. The van der Waals surface area contributed by atoms with Gasteiger partial charge in [0.15, 0.2) is 0 Å². The molecular weight excluding hydrogens is 160 g/mol. The van der Waals surface area contributed by atoms with E-state index >= 15 is 0 Å². The highest BCUT2D eigenvalue weighted by atomic mass is 32.2. The highest BCUT2D eigenvalue weighted by Gasteiger charge is 2.23. The van der Waals surface area contributed by atoms with Crippen LogP contribution in [0.5, 0.6) is 0 Å². The third-order valence-electron chi connectivity index (χ3n) is 1.88. The van der Waals surface area contributed by atoms with Crippen LogP contribution in [0.2, 0.25) is 0 Å². The zero-order valence-electron chi connectivity index (χ0n) is 7.21. The Kier molecular flexibility index (Phi) is 4.26. The summed E-state index contributed by atoms with van der Waals surface area (Å²) in [5.41, 5.74) is 0. The monoisotopic (exact) mass is 176 g/mol. The summed E-state index contributed by atoms with van der Waals surface area (Å²) < 4.78 is 10.7. The van der Waals surface area contributed by atoms with Crippen molar-refractivity contribution in [3.63, 3.8) is 0 Å². The molecule has 11 heavy (non-hydrogen) atoms. The van der Waals surface area contributed by atoms with Crippen LogP contribution in [0.4, 0.5) is 0 Å². The van der Waals surface area contributed by atoms with E-state index in [4.69, 9.17) is 9.47 Å². The van der Waals surface area contributed by atoms with Crippen molar-refractivity contribution in [2.75, 3.05) is 19.2 Å². The SMILES string of the molecule is CCOCSC1CCOC1C. The van der Waals surface area contributed by atoms with Crippen LogP contribution in [0.15, 0.2) is 0 Å². The summed E-state index contributed by atoms with van der Waals surface area (Å²) >= 11 is 1.87. The highest BCUT2D eigenvalue weighted by Crippen LogP contribution is 2.25. The average Bonchev–Trinajstić information content (AvgIpc) is 2.37. The second-order valence-corrected chi connectivity index (χ2v) is 3.85. The summed E-state index contributed by atoms with van der Waals surface area (Å²) in [5.74, 6) is 0.814. The lowest BCUT2D eigenvalue weighted by Crippen LogP contribution is -2.14. The van der Waals surface area contributed by atoms with E-state index in [0.717, 1.165) is 19.2 Å². The number of thioether (sulfide) groups is 1. The van der Waals surface area contributed by atoms with Crippen LogP contribution < -0.4 is 0 Å². The van der Waals surface area contributed by atoms with Crippen molar-refractivity contribution in [2.45, 2.75) is 31.6 Å². The summed E-state index contributed by atoms with van der Waals surface area (Å²) in [5, 5.41) is 0.654. The fraction of sp³-hybridized carbons (Fsp3) is 1.00. The van der Waals surface area contributed by atoms with Crippen LogP contribution in [0.3, 0.4) is 0 Å². The Bertz CT molecular complexity index is 108. The Morgan fingerprint density at radius 1 is 1.64 bits per heavy atom. The molecular formula is C8H16O2S. The Morgan fingerprint density at radius 3 is 3.00 bits per heavy atom. The van der Waals surface area contributed by atoms with Gasteiger partial charge in [0.05, 0.1) is 12.0 Å². The Balaban J connectivity index is 2.05. The van der Waals surface area contributed by atoms with E-state index in [1.165, 1.54) is 6.42 Å². The number of hydrogen-bond donors (Lipinski definition) is 0. The van der Waals surface area contributed by atoms with Gasteiger partial charge in [0.25, 0.3) is 0 Å². The van der Waals surface area contributed by atoms with Gasteiger partial charge in [0.1, 0.15) is 0 Å². The molecule has 0 aromatic heterocycles. The average molecular weight is 176 g/mol. The second kappa shape index (κ2) is 5.01. The first-order chi connectivity index (χ1) is 5.34. The fourth-order valence-electron chi connectivity index (χ4n) is 1.15. The molecule has 0 amide bonds. The fourth-order valence-corrected chi connectivity index (χ4v) is 2.20. The van der Waals surface area contributed by atoms with Crippen molar-refractivity contribution in [2.24, 2.45) is 0 Å². The molecule has 2 nitrogen and oxygen atoms in total. The molecule has 66 valence electrons. The minimum absolute atomic E-state index is 0.417. The van der Waals surface area contributed by atoms with Crippen LogP contribution in [0.25, 0.3) is 0 Å². The van der Waals surface area contributed by atoms with Gasteiger partial charge in [-0.1, -0.05) is 0 Å². The molecule has 2 atom stereocenters. The zero-order chi connectivity index (χ0) is 8.10. The van der Waals surface area contributed by atoms with Crippen LogP contribution in [-0.4, -0.2) is 30.5 Å². The van der Waals surface area contributed by atoms with Gasteiger partial charge < -0.3 is 9.47 Å². The summed E-state index contributed by atoms with van der Waals surface area (Å²) in [7, 11) is 0. The van der Waals surface area contributed by atoms with Gasteiger partial charge in [-0.05, 0) is 20.3 Å². The van der Waals surface area contributed by atoms with Crippen molar-refractivity contribution < 1.29 is 9.47 Å². The molecule has 0 N–H and O–H groups in total. The molecule has 0 saturated carbocycles. The van der Waals surface area contributed by atoms with Crippen molar-refractivity contribution in [3.05, 3.63) is 0 Å². The molecule has 2 unspecified atom stereocenters. The maximum absolute atomic E-state index is 5.42. The molecule has 1 heterocycles. The third kappa shape index (κ3) is 3.01. The topological polar surface area (TPSA) is 18.5 Å². The Hall–Kier alpha value is 0.270. The molecule has 0 aliphatic carbocycles. The first-order valence-electron chi connectivity index (χ1n) is 4.15. The van der Waals surface area contributed by atoms with Crippen LogP contribution >= 0.6 is 11.8 Å². The van der Waals surface area contributed by atoms with Crippen LogP contribution in [-0.2, 0) is 9.47 Å². The molecule has 0 bridgehead atoms. The number of rotatable bonds is 4. The van der Waals surface area contributed by atoms with E-state index in [0.29, 0.717) is 11.4 Å². The number of hydrogen-bond acceptors (Lipinski definition) is 3. The molecule has 0 aromatic carbocycles. The summed E-state index contributed by atoms with van der Waals surface area (Å²) in [6, 6.07) is 0. The van der Waals surface area contributed by atoms with Crippen molar-refractivity contribution in [1.29, 1.82) is 0 Å². The van der Waals surface area contributed by atoms with Gasteiger partial charge in [-0.15, -0.1) is 11.8 Å². The maximum atomic E-state index is 5.42. The predicted octanol–water partition coefficient (Wildman–Crippen LogP) is 1.89. The van der Waals surface area contributed by atoms with Gasteiger partial charge >= 0.3 is 0 Å². The van der Waals surface area contributed by atoms with Gasteiger partial charge in [0, 0.05) is 18.5 Å². The van der Waals surface area contributed by atoms with Crippen molar-refractivity contribution >= 4 is 11.8 Å². The van der Waals surface area contributed by atoms with E-state index in [-0.39, 0.29) is 0 Å². The maximum Gasteiger partial charge on any atom is 0.0924 e. The van der Waals surface area contributed by atoms with Gasteiger partial charge in [-0.2, -0.15) is 0 Å². The first kappa shape index (κ1) is 9.36. The van der Waals surface area contributed by atoms with Crippen molar-refractivity contribution in [3.8, 4) is 0 Å². The van der Waals surface area contributed by atoms with E-state index in [9.17, 15) is 0 Å². The molecule has 1 rings (SSSR count). The smallest absolute Gasteiger partial charge is 0.0924 e. The largest absolute Gasteiger partial charge is 0.377 e. The van der Waals surface area contributed by atoms with Crippen molar-refractivity contribution in [1.82, 2.24) is 0 Å². The first-order valence-corrected chi connectivity index (χ1v) is 5.20. The standard InChI is InChI=1S/C8H16O2S/c1-3-9-6-11-8-4-5-10-7(8)2/h7-8H,3-6H2,1-2H3. The van der Waals surface area contributed by atoms with E-state index in [1.807, 2.05) is 18.7 Å². The van der Waals surface area contributed by atoms with Gasteiger partial charge in [0.2, 0.25) is 0 Å². The normalized spacial score (nSPS) is 31.1. The van der Waals surface area contributed by atoms with Gasteiger partial charge in [-0.25, -0.2) is 0 Å². The third-order valence-corrected chi connectivity index (χ3v) is 3.23. The molecule has 0 radical (unpaired) electrons. The second-order valence-electron chi connectivity index (χ2n) is 2.68. The molecule has 0 spiro atoms. The minimum atomic E-state index is 0.417. The van der Waals surface area contributed by atoms with E-state index in [1.54, 1.807) is 0 Å². The lowest BCUT2D eigenvalue weighted by molar-refractivity contribution is 0.126. The lowest BCUT2D eigenvalue weighted by atomic mass is 10.3. The number of ether oxygens (including phenoxy) is 2. The van der Waals surface area contributed by atoms with E-state index in [2.05, 4.69) is 6.92 Å². The van der Waals surface area contributed by atoms with Gasteiger partial charge in [-0.3, -0.25) is 0 Å². The summed E-state index contributed by atoms with van der Waals surface area (Å²) in [6.45, 7) is 5.89. The minimum Gasteiger partial charge on any atom is -0.377 e. The molecule has 1 aliphatic rings. The molecule has 1 aliphatic heterocycles. The molecule has 1 saturated heterocycles. The van der Waals surface area contributed by atoms with Crippen LogP contribution in [0, 0.1) is 0 Å². The zero-order valence-corrected chi connectivity index (χ0v) is 8.02. The molecule has 1 fully saturated rings. The van der Waals surface area contributed by atoms with E-state index < -0.39 is 0 Å². The predicted molar refractivity (Wildman–Crippen MR) is 47.9 cm³/mol. The van der Waals surface area contributed by atoms with Crippen LogP contribution in [0.1, 0.15) is 20.3 Å². The summed E-state index contributed by atoms with van der Waals surface area (Å²) in [4.78, 5) is 0. The highest BCUT2D eigenvalue weighted by molar-refractivity contribution is 7.99.